The minimum absolute atomic E-state index is 0.253. The summed E-state index contributed by atoms with van der Waals surface area (Å²) in [5.74, 6) is 0. The number of benzene rings is 2. The van der Waals surface area contributed by atoms with Crippen LogP contribution >= 0.6 is 15.9 Å². The molecule has 0 saturated carbocycles. The Balaban J connectivity index is 2.08. The van der Waals surface area contributed by atoms with Crippen molar-refractivity contribution in [3.8, 4) is 0 Å². The number of hydrogen-bond acceptors (Lipinski definition) is 1. The minimum atomic E-state index is -0.253. The molecule has 0 aromatic heterocycles. The number of rotatable bonds is 2. The standard InChI is InChI=1S/C15H15BrN2O/c1-10-5-3-7-12(9-10)17-15(19)18-13-8-4-6-11(2)14(13)16/h3-9H,1-2H3,(H2,17,18,19). The Morgan fingerprint density at radius 2 is 1.79 bits per heavy atom. The maximum Gasteiger partial charge on any atom is 0.323 e. The van der Waals surface area contributed by atoms with Crippen LogP contribution in [0.3, 0.4) is 0 Å². The van der Waals surface area contributed by atoms with Crippen LogP contribution in [0.4, 0.5) is 16.2 Å². The summed E-state index contributed by atoms with van der Waals surface area (Å²) in [6, 6.07) is 13.2. The van der Waals surface area contributed by atoms with E-state index in [1.807, 2.05) is 56.3 Å². The van der Waals surface area contributed by atoms with Crippen LogP contribution in [-0.4, -0.2) is 6.03 Å². The molecule has 3 nitrogen and oxygen atoms in total. The van der Waals surface area contributed by atoms with Gasteiger partial charge in [-0.3, -0.25) is 0 Å². The predicted molar refractivity (Wildman–Crippen MR) is 82.7 cm³/mol. The first-order valence-corrected chi connectivity index (χ1v) is 6.75. The van der Waals surface area contributed by atoms with Crippen LogP contribution in [0.1, 0.15) is 11.1 Å². The van der Waals surface area contributed by atoms with E-state index < -0.39 is 0 Å². The third kappa shape index (κ3) is 3.58. The zero-order valence-corrected chi connectivity index (χ0v) is 12.4. The number of halogens is 1. The Bertz CT molecular complexity index is 611. The molecule has 2 amide bonds. The maximum atomic E-state index is 11.9. The highest BCUT2D eigenvalue weighted by atomic mass is 79.9. The van der Waals surface area contributed by atoms with Crippen molar-refractivity contribution in [3.63, 3.8) is 0 Å². The van der Waals surface area contributed by atoms with Gasteiger partial charge in [0.2, 0.25) is 0 Å². The molecule has 0 radical (unpaired) electrons. The summed E-state index contributed by atoms with van der Waals surface area (Å²) in [6.45, 7) is 3.97. The largest absolute Gasteiger partial charge is 0.323 e. The third-order valence-electron chi connectivity index (χ3n) is 2.72. The van der Waals surface area contributed by atoms with Gasteiger partial charge in [0.05, 0.1) is 5.69 Å². The quantitative estimate of drug-likeness (QED) is 0.827. The number of urea groups is 1. The van der Waals surface area contributed by atoms with Crippen molar-refractivity contribution in [1.82, 2.24) is 0 Å². The molecule has 2 rings (SSSR count). The molecule has 0 saturated heterocycles. The van der Waals surface area contributed by atoms with E-state index in [2.05, 4.69) is 26.6 Å². The molecule has 0 heterocycles. The van der Waals surface area contributed by atoms with E-state index in [9.17, 15) is 4.79 Å². The lowest BCUT2D eigenvalue weighted by molar-refractivity contribution is 0.262. The molecule has 2 aromatic carbocycles. The molecule has 0 aliphatic carbocycles. The highest BCUT2D eigenvalue weighted by molar-refractivity contribution is 9.10. The van der Waals surface area contributed by atoms with Crippen molar-refractivity contribution >= 4 is 33.3 Å². The highest BCUT2D eigenvalue weighted by Gasteiger charge is 2.06. The Kier molecular flexibility index (Phi) is 4.22. The first kappa shape index (κ1) is 13.6. The van der Waals surface area contributed by atoms with E-state index in [1.165, 1.54) is 0 Å². The van der Waals surface area contributed by atoms with Crippen molar-refractivity contribution < 1.29 is 4.79 Å². The van der Waals surface area contributed by atoms with Crippen LogP contribution in [0, 0.1) is 13.8 Å². The summed E-state index contributed by atoms with van der Waals surface area (Å²) >= 11 is 3.46. The molecule has 0 bridgehead atoms. The summed E-state index contributed by atoms with van der Waals surface area (Å²) < 4.78 is 0.898. The lowest BCUT2D eigenvalue weighted by Crippen LogP contribution is -2.19. The zero-order valence-electron chi connectivity index (χ0n) is 10.8. The van der Waals surface area contributed by atoms with E-state index in [4.69, 9.17) is 0 Å². The average Bonchev–Trinajstić information content (AvgIpc) is 2.35. The average molecular weight is 319 g/mol. The number of hydrogen-bond donors (Lipinski definition) is 2. The fourth-order valence-corrected chi connectivity index (χ4v) is 2.11. The molecular formula is C15H15BrN2O. The first-order chi connectivity index (χ1) is 9.06. The predicted octanol–water partition coefficient (Wildman–Crippen LogP) is 4.71. The van der Waals surface area contributed by atoms with Gasteiger partial charge in [-0.2, -0.15) is 0 Å². The van der Waals surface area contributed by atoms with Gasteiger partial charge >= 0.3 is 6.03 Å². The number of carbonyl (C=O) groups excluding carboxylic acids is 1. The fraction of sp³-hybridized carbons (Fsp3) is 0.133. The van der Waals surface area contributed by atoms with Crippen molar-refractivity contribution in [2.24, 2.45) is 0 Å². The second-order valence-corrected chi connectivity index (χ2v) is 5.18. The molecule has 4 heteroatoms. The number of anilines is 2. The number of aryl methyl sites for hydroxylation is 2. The van der Waals surface area contributed by atoms with Gasteiger partial charge in [0.15, 0.2) is 0 Å². The van der Waals surface area contributed by atoms with Gasteiger partial charge in [-0.25, -0.2) is 4.79 Å². The molecule has 0 aliphatic heterocycles. The van der Waals surface area contributed by atoms with E-state index in [0.717, 1.165) is 27.0 Å². The van der Waals surface area contributed by atoms with E-state index in [1.54, 1.807) is 0 Å². The first-order valence-electron chi connectivity index (χ1n) is 5.96. The zero-order chi connectivity index (χ0) is 13.8. The summed E-state index contributed by atoms with van der Waals surface area (Å²) in [4.78, 5) is 11.9. The van der Waals surface area contributed by atoms with Crippen molar-refractivity contribution in [1.29, 1.82) is 0 Å². The van der Waals surface area contributed by atoms with Crippen LogP contribution < -0.4 is 10.6 Å². The Labute approximate surface area is 121 Å². The van der Waals surface area contributed by atoms with Crippen LogP contribution in [-0.2, 0) is 0 Å². The molecule has 2 aromatic rings. The number of amides is 2. The number of nitrogens with one attached hydrogen (secondary N) is 2. The molecular weight excluding hydrogens is 304 g/mol. The molecule has 98 valence electrons. The smallest absolute Gasteiger partial charge is 0.308 e. The van der Waals surface area contributed by atoms with E-state index in [-0.39, 0.29) is 6.03 Å². The molecule has 0 spiro atoms. The van der Waals surface area contributed by atoms with Gasteiger partial charge in [-0.1, -0.05) is 24.3 Å². The molecule has 0 atom stereocenters. The van der Waals surface area contributed by atoms with Crippen molar-refractivity contribution in [2.75, 3.05) is 10.6 Å². The molecule has 19 heavy (non-hydrogen) atoms. The van der Waals surface area contributed by atoms with Crippen molar-refractivity contribution in [2.45, 2.75) is 13.8 Å². The Hall–Kier alpha value is -1.81. The lowest BCUT2D eigenvalue weighted by atomic mass is 10.2. The normalized spacial score (nSPS) is 10.1. The second kappa shape index (κ2) is 5.89. The SMILES string of the molecule is Cc1cccc(NC(=O)Nc2cccc(C)c2Br)c1. The molecule has 2 N–H and O–H groups in total. The van der Waals surface area contributed by atoms with Crippen molar-refractivity contribution in [3.05, 3.63) is 58.1 Å². The molecule has 0 aliphatic rings. The lowest BCUT2D eigenvalue weighted by Gasteiger charge is -2.10. The van der Waals surface area contributed by atoms with Crippen LogP contribution in [0.2, 0.25) is 0 Å². The second-order valence-electron chi connectivity index (χ2n) is 4.39. The fourth-order valence-electron chi connectivity index (χ4n) is 1.75. The Morgan fingerprint density at radius 3 is 2.53 bits per heavy atom. The van der Waals surface area contributed by atoms with Gasteiger partial charge in [-0.05, 0) is 59.1 Å². The molecule has 0 fully saturated rings. The summed E-state index contributed by atoms with van der Waals surface area (Å²) in [6.07, 6.45) is 0. The summed E-state index contributed by atoms with van der Waals surface area (Å²) in [5, 5.41) is 5.63. The van der Waals surface area contributed by atoms with Gasteiger partial charge in [-0.15, -0.1) is 0 Å². The monoisotopic (exact) mass is 318 g/mol. The van der Waals surface area contributed by atoms with E-state index in [0.29, 0.717) is 0 Å². The van der Waals surface area contributed by atoms with Gasteiger partial charge < -0.3 is 10.6 Å². The van der Waals surface area contributed by atoms with E-state index >= 15 is 0 Å². The van der Waals surface area contributed by atoms with Crippen LogP contribution in [0.5, 0.6) is 0 Å². The van der Waals surface area contributed by atoms with Gasteiger partial charge in [0.25, 0.3) is 0 Å². The summed E-state index contributed by atoms with van der Waals surface area (Å²) in [7, 11) is 0. The van der Waals surface area contributed by atoms with Gasteiger partial charge in [0, 0.05) is 10.2 Å². The highest BCUT2D eigenvalue weighted by Crippen LogP contribution is 2.25. The third-order valence-corrected chi connectivity index (χ3v) is 3.77. The van der Waals surface area contributed by atoms with Crippen LogP contribution in [0.25, 0.3) is 0 Å². The Morgan fingerprint density at radius 1 is 1.05 bits per heavy atom. The molecule has 0 unspecified atom stereocenters. The minimum Gasteiger partial charge on any atom is -0.308 e. The van der Waals surface area contributed by atoms with Gasteiger partial charge in [0.1, 0.15) is 0 Å². The summed E-state index contributed by atoms with van der Waals surface area (Å²) in [5.41, 5.74) is 3.72. The maximum absolute atomic E-state index is 11.9. The van der Waals surface area contributed by atoms with Crippen LogP contribution in [0.15, 0.2) is 46.9 Å². The number of carbonyl (C=O) groups is 1. The topological polar surface area (TPSA) is 41.1 Å².